The summed E-state index contributed by atoms with van der Waals surface area (Å²) in [5.41, 5.74) is 13.6. The molecule has 0 bridgehead atoms. The molecule has 59 heavy (non-hydrogen) atoms. The van der Waals surface area contributed by atoms with Crippen LogP contribution in [0.25, 0.3) is 105 Å². The number of hydrogen-bond acceptors (Lipinski definition) is 3. The molecule has 0 spiro atoms. The van der Waals surface area contributed by atoms with Crippen LogP contribution in [0, 0.1) is 11.3 Å². The summed E-state index contributed by atoms with van der Waals surface area (Å²) >= 11 is 0. The Morgan fingerprint density at radius 1 is 0.356 bits per heavy atom. The second-order valence-corrected chi connectivity index (χ2v) is 14.9. The summed E-state index contributed by atoms with van der Waals surface area (Å²) in [5, 5.41) is 17.9. The minimum Gasteiger partial charge on any atom is -0.308 e. The van der Waals surface area contributed by atoms with Gasteiger partial charge in [-0.3, -0.25) is 9.97 Å². The second-order valence-electron chi connectivity index (χ2n) is 14.9. The number of para-hydroxylation sites is 6. The maximum Gasteiger partial charge on any atom is 0.0992 e. The molecule has 0 N–H and O–H groups in total. The first-order valence-electron chi connectivity index (χ1n) is 19.7. The monoisotopic (exact) mass is 752 g/mol. The van der Waals surface area contributed by atoms with E-state index in [4.69, 9.17) is 9.97 Å². The van der Waals surface area contributed by atoms with Crippen LogP contribution in [0.15, 0.2) is 195 Å². The van der Waals surface area contributed by atoms with Crippen LogP contribution < -0.4 is 0 Å². The first kappa shape index (κ1) is 32.9. The molecule has 0 fully saturated rings. The fraction of sp³-hybridized carbons (Fsp3) is 0. The van der Waals surface area contributed by atoms with Gasteiger partial charge in [-0.25, -0.2) is 0 Å². The van der Waals surface area contributed by atoms with Crippen molar-refractivity contribution in [1.82, 2.24) is 23.7 Å². The predicted octanol–water partition coefficient (Wildman–Crippen LogP) is 13.0. The summed E-state index contributed by atoms with van der Waals surface area (Å²) in [6.45, 7) is 0. The first-order chi connectivity index (χ1) is 29.3. The van der Waals surface area contributed by atoms with Crippen LogP contribution in [0.4, 0.5) is 0 Å². The lowest BCUT2D eigenvalue weighted by Crippen LogP contribution is -2.06. The number of nitrogens with zero attached hydrogens (tertiary/aromatic N) is 6. The summed E-state index contributed by atoms with van der Waals surface area (Å²) in [6, 6.07) is 62.2. The Morgan fingerprint density at radius 3 is 0.983 bits per heavy atom. The van der Waals surface area contributed by atoms with E-state index in [0.29, 0.717) is 5.56 Å². The molecule has 0 radical (unpaired) electrons. The Balaban J connectivity index is 1.26. The molecule has 0 aliphatic heterocycles. The van der Waals surface area contributed by atoms with Gasteiger partial charge in [0, 0.05) is 67.0 Å². The van der Waals surface area contributed by atoms with E-state index in [-0.39, 0.29) is 0 Å². The van der Waals surface area contributed by atoms with E-state index in [1.54, 1.807) is 0 Å². The number of pyridine rings is 2. The summed E-state index contributed by atoms with van der Waals surface area (Å²) < 4.78 is 7.03. The molecule has 0 unspecified atom stereocenters. The molecule has 0 saturated carbocycles. The smallest absolute Gasteiger partial charge is 0.0992 e. The molecule has 12 rings (SSSR count). The van der Waals surface area contributed by atoms with Crippen molar-refractivity contribution in [2.45, 2.75) is 0 Å². The minimum absolute atomic E-state index is 0.550. The topological polar surface area (TPSA) is 64.4 Å². The van der Waals surface area contributed by atoms with E-state index in [1.807, 2.05) is 24.8 Å². The van der Waals surface area contributed by atoms with Gasteiger partial charge in [0.1, 0.15) is 0 Å². The van der Waals surface area contributed by atoms with Crippen LogP contribution in [0.3, 0.4) is 0 Å². The molecule has 5 aromatic heterocycles. The predicted molar refractivity (Wildman–Crippen MR) is 241 cm³/mol. The average Bonchev–Trinajstić information content (AvgIpc) is 3.94. The number of benzene rings is 7. The van der Waals surface area contributed by atoms with Gasteiger partial charge >= 0.3 is 0 Å². The summed E-state index contributed by atoms with van der Waals surface area (Å²) in [7, 11) is 0. The van der Waals surface area contributed by atoms with Gasteiger partial charge in [-0.15, -0.1) is 0 Å². The van der Waals surface area contributed by atoms with E-state index >= 15 is 0 Å². The van der Waals surface area contributed by atoms with Crippen LogP contribution >= 0.6 is 0 Å². The van der Waals surface area contributed by atoms with E-state index in [0.717, 1.165) is 83.2 Å². The Kier molecular flexibility index (Phi) is 7.19. The summed E-state index contributed by atoms with van der Waals surface area (Å²) in [4.78, 5) is 9.51. The maximum absolute atomic E-state index is 10.9. The van der Waals surface area contributed by atoms with Gasteiger partial charge in [-0.2, -0.15) is 5.26 Å². The molecule has 12 aromatic rings. The van der Waals surface area contributed by atoms with Crippen molar-refractivity contribution in [2.24, 2.45) is 0 Å². The number of nitriles is 1. The third-order valence-electron chi connectivity index (χ3n) is 11.9. The Hall–Kier alpha value is -8.27. The molecule has 0 amide bonds. The van der Waals surface area contributed by atoms with Gasteiger partial charge in [-0.05, 0) is 60.7 Å². The summed E-state index contributed by atoms with van der Waals surface area (Å²) in [6.07, 6.45) is 7.63. The summed E-state index contributed by atoms with van der Waals surface area (Å²) in [5.74, 6) is 0. The normalized spacial score (nSPS) is 11.7. The molecule has 0 atom stereocenters. The van der Waals surface area contributed by atoms with Crippen molar-refractivity contribution in [3.63, 3.8) is 0 Å². The van der Waals surface area contributed by atoms with Crippen molar-refractivity contribution in [1.29, 1.82) is 5.26 Å². The zero-order chi connectivity index (χ0) is 39.0. The zero-order valence-corrected chi connectivity index (χ0v) is 31.7. The standard InChI is InChI=1S/C53H32N6/c54-31-34-29-43(41-25-27-55-32-51(41)57-45-19-7-1-13-35(45)36-14-2-8-20-46(36)57)53(59-49-23-11-5-17-39(49)40-18-6-12-24-50(40)59)44(30-34)42-26-28-56-33-52(42)58-47-21-9-3-15-37(47)38-16-4-10-22-48(38)58/h1-30,32-33H. The molecule has 0 aliphatic carbocycles. The zero-order valence-electron chi connectivity index (χ0n) is 31.7. The molecule has 0 aliphatic rings. The van der Waals surface area contributed by atoms with Gasteiger partial charge < -0.3 is 13.7 Å². The first-order valence-corrected chi connectivity index (χ1v) is 19.7. The lowest BCUT2D eigenvalue weighted by molar-refractivity contribution is 1.12. The molecule has 7 aromatic carbocycles. The molecule has 6 nitrogen and oxygen atoms in total. The second kappa shape index (κ2) is 12.9. The van der Waals surface area contributed by atoms with Gasteiger partial charge in [0.2, 0.25) is 0 Å². The van der Waals surface area contributed by atoms with Crippen LogP contribution in [-0.2, 0) is 0 Å². The van der Waals surface area contributed by atoms with Gasteiger partial charge in [0.15, 0.2) is 0 Å². The highest BCUT2D eigenvalue weighted by Crippen LogP contribution is 2.46. The largest absolute Gasteiger partial charge is 0.308 e. The SMILES string of the molecule is N#Cc1cc(-c2ccncc2-n2c3ccccc3c3ccccc32)c(-n2c3ccccc3c3ccccc32)c(-c2ccncc2-n2c3ccccc3c3ccccc32)c1. The molecular weight excluding hydrogens is 721 g/mol. The van der Waals surface area contributed by atoms with Crippen molar-refractivity contribution in [2.75, 3.05) is 0 Å². The van der Waals surface area contributed by atoms with E-state index in [2.05, 4.69) is 190 Å². The highest BCUT2D eigenvalue weighted by atomic mass is 15.0. The van der Waals surface area contributed by atoms with E-state index in [9.17, 15) is 5.26 Å². The molecule has 274 valence electrons. The number of hydrogen-bond donors (Lipinski definition) is 0. The van der Waals surface area contributed by atoms with Crippen LogP contribution in [-0.4, -0.2) is 23.7 Å². The number of fused-ring (bicyclic) bond motifs is 9. The van der Waals surface area contributed by atoms with E-state index in [1.165, 1.54) is 21.5 Å². The Morgan fingerprint density at radius 2 is 0.661 bits per heavy atom. The lowest BCUT2D eigenvalue weighted by Gasteiger charge is -2.23. The fourth-order valence-corrected chi connectivity index (χ4v) is 9.46. The van der Waals surface area contributed by atoms with Crippen molar-refractivity contribution in [3.8, 4) is 45.4 Å². The number of rotatable bonds is 5. The average molecular weight is 753 g/mol. The fourth-order valence-electron chi connectivity index (χ4n) is 9.46. The maximum atomic E-state index is 10.9. The van der Waals surface area contributed by atoms with Crippen molar-refractivity contribution < 1.29 is 0 Å². The van der Waals surface area contributed by atoms with Gasteiger partial charge in [-0.1, -0.05) is 109 Å². The van der Waals surface area contributed by atoms with Gasteiger partial charge in [0.05, 0.1) is 74.2 Å². The van der Waals surface area contributed by atoms with Gasteiger partial charge in [0.25, 0.3) is 0 Å². The third kappa shape index (κ3) is 4.79. The third-order valence-corrected chi connectivity index (χ3v) is 11.9. The van der Waals surface area contributed by atoms with Crippen molar-refractivity contribution >= 4 is 65.4 Å². The Bertz CT molecular complexity index is 3370. The highest BCUT2D eigenvalue weighted by Gasteiger charge is 2.26. The lowest BCUT2D eigenvalue weighted by atomic mass is 9.92. The molecule has 0 saturated heterocycles. The quantitative estimate of drug-likeness (QED) is 0.176. The van der Waals surface area contributed by atoms with Crippen molar-refractivity contribution in [3.05, 3.63) is 200 Å². The van der Waals surface area contributed by atoms with E-state index < -0.39 is 0 Å². The van der Waals surface area contributed by atoms with Crippen LogP contribution in [0.2, 0.25) is 0 Å². The molecule has 5 heterocycles. The Labute approximate surface area is 338 Å². The molecular formula is C53H32N6. The molecule has 6 heteroatoms. The minimum atomic E-state index is 0.550. The number of aromatic nitrogens is 5. The van der Waals surface area contributed by atoms with Crippen LogP contribution in [0.5, 0.6) is 0 Å². The van der Waals surface area contributed by atoms with Crippen LogP contribution in [0.1, 0.15) is 5.56 Å². The highest BCUT2D eigenvalue weighted by molar-refractivity contribution is 6.13.